The van der Waals surface area contributed by atoms with Crippen molar-refractivity contribution < 1.29 is 19.1 Å². The molecule has 1 aromatic rings. The minimum Gasteiger partial charge on any atom is -0.462 e. The summed E-state index contributed by atoms with van der Waals surface area (Å²) in [6.45, 7) is 3.97. The van der Waals surface area contributed by atoms with Crippen LogP contribution in [-0.2, 0) is 9.47 Å². The van der Waals surface area contributed by atoms with Crippen LogP contribution < -0.4 is 0 Å². The van der Waals surface area contributed by atoms with Gasteiger partial charge in [-0.15, -0.1) is 0 Å². The van der Waals surface area contributed by atoms with Crippen LogP contribution in [-0.4, -0.2) is 29.4 Å². The molecule has 0 atom stereocenters. The summed E-state index contributed by atoms with van der Waals surface area (Å²) in [5.74, 6) is -1.02. The number of halogens is 3. The molecule has 1 aromatic carbocycles. The fourth-order valence-electron chi connectivity index (χ4n) is 1.26. The molecule has 0 aliphatic rings. The van der Waals surface area contributed by atoms with Crippen molar-refractivity contribution in [2.75, 3.05) is 13.2 Å². The quantitative estimate of drug-likeness (QED) is 0.613. The molecule has 112 valence electrons. The molecular formula is C13H15Cl3O4. The van der Waals surface area contributed by atoms with Crippen LogP contribution in [0.4, 0.5) is 0 Å². The van der Waals surface area contributed by atoms with Crippen LogP contribution in [0.1, 0.15) is 34.6 Å². The van der Waals surface area contributed by atoms with Gasteiger partial charge in [0.05, 0.1) is 24.3 Å². The Morgan fingerprint density at radius 2 is 1.25 bits per heavy atom. The highest BCUT2D eigenvalue weighted by atomic mass is 35.6. The molecule has 0 saturated heterocycles. The number of benzene rings is 1. The molecule has 0 unspecified atom stereocenters. The number of esters is 2. The van der Waals surface area contributed by atoms with E-state index in [4.69, 9.17) is 44.3 Å². The maximum absolute atomic E-state index is 11.5. The Bertz CT molecular complexity index is 396. The summed E-state index contributed by atoms with van der Waals surface area (Å²) in [6, 6.07) is 6.44. The van der Waals surface area contributed by atoms with Crippen LogP contribution in [0.2, 0.25) is 0 Å². The zero-order chi connectivity index (χ0) is 15.5. The van der Waals surface area contributed by atoms with E-state index in [1.54, 1.807) is 38.1 Å². The Kier molecular flexibility index (Phi) is 10.3. The monoisotopic (exact) mass is 340 g/mol. The fraction of sp³-hybridized carbons (Fsp3) is 0.385. The molecule has 7 heteroatoms. The number of hydrogen-bond acceptors (Lipinski definition) is 4. The molecule has 0 saturated carbocycles. The molecular weight excluding hydrogens is 326 g/mol. The Labute approximate surface area is 132 Å². The first-order valence-electron chi connectivity index (χ1n) is 5.79. The Morgan fingerprint density at radius 3 is 1.50 bits per heavy atom. The molecule has 0 aliphatic heterocycles. The number of carbonyl (C=O) groups is 2. The van der Waals surface area contributed by atoms with E-state index in [1.807, 2.05) is 0 Å². The van der Waals surface area contributed by atoms with Crippen molar-refractivity contribution in [3.05, 3.63) is 35.4 Å². The van der Waals surface area contributed by atoms with Gasteiger partial charge in [0.1, 0.15) is 0 Å². The first-order chi connectivity index (χ1) is 9.43. The normalized spacial score (nSPS) is 9.50. The van der Waals surface area contributed by atoms with Crippen LogP contribution in [0.25, 0.3) is 0 Å². The van der Waals surface area contributed by atoms with Crippen LogP contribution in [0.3, 0.4) is 0 Å². The number of carbonyl (C=O) groups excluding carboxylic acids is 2. The summed E-state index contributed by atoms with van der Waals surface area (Å²) < 4.78 is 8.95. The Morgan fingerprint density at radius 1 is 0.950 bits per heavy atom. The summed E-state index contributed by atoms with van der Waals surface area (Å²) in [6.07, 6.45) is 0. The summed E-state index contributed by atoms with van der Waals surface area (Å²) in [7, 11) is 0. The zero-order valence-corrected chi connectivity index (χ0v) is 13.3. The standard InChI is InChI=1S/C12H14O4.CHCl3/c1-3-15-11(13)9-7-5-6-8-10(9)12(14)16-4-2;2-1(3)4/h5-8H,3-4H2,1-2H3;1H. The second-order valence-electron chi connectivity index (χ2n) is 3.23. The van der Waals surface area contributed by atoms with Crippen molar-refractivity contribution >= 4 is 46.7 Å². The van der Waals surface area contributed by atoms with E-state index in [2.05, 4.69) is 0 Å². The average molecular weight is 342 g/mol. The number of alkyl halides is 3. The zero-order valence-electron chi connectivity index (χ0n) is 11.1. The van der Waals surface area contributed by atoms with Crippen molar-refractivity contribution in [2.24, 2.45) is 0 Å². The Hall–Kier alpha value is -0.970. The molecule has 0 amide bonds. The van der Waals surface area contributed by atoms with Crippen LogP contribution in [0.15, 0.2) is 24.3 Å². The molecule has 0 radical (unpaired) electrons. The highest BCUT2D eigenvalue weighted by Crippen LogP contribution is 2.11. The van der Waals surface area contributed by atoms with Crippen LogP contribution in [0.5, 0.6) is 0 Å². The molecule has 4 nitrogen and oxygen atoms in total. The SMILES string of the molecule is CCOC(=O)c1ccccc1C(=O)OCC.ClC(Cl)Cl. The fourth-order valence-corrected chi connectivity index (χ4v) is 1.26. The third kappa shape index (κ3) is 7.58. The van der Waals surface area contributed by atoms with Gasteiger partial charge in [0.2, 0.25) is 0 Å². The lowest BCUT2D eigenvalue weighted by Gasteiger charge is -2.07. The average Bonchev–Trinajstić information content (AvgIpc) is 2.38. The third-order valence-corrected chi connectivity index (χ3v) is 1.92. The maximum atomic E-state index is 11.5. The molecule has 20 heavy (non-hydrogen) atoms. The predicted molar refractivity (Wildman–Crippen MR) is 79.7 cm³/mol. The lowest BCUT2D eigenvalue weighted by Crippen LogP contribution is -2.13. The molecule has 0 aliphatic carbocycles. The minimum absolute atomic E-state index is 0.239. The van der Waals surface area contributed by atoms with Gasteiger partial charge < -0.3 is 9.47 Å². The number of hydrogen-bond donors (Lipinski definition) is 0. The molecule has 0 N–H and O–H groups in total. The van der Waals surface area contributed by atoms with Gasteiger partial charge in [-0.25, -0.2) is 9.59 Å². The summed E-state index contributed by atoms with van der Waals surface area (Å²) in [5, 5.41) is 0. The van der Waals surface area contributed by atoms with Crippen molar-refractivity contribution in [1.29, 1.82) is 0 Å². The van der Waals surface area contributed by atoms with E-state index >= 15 is 0 Å². The third-order valence-electron chi connectivity index (χ3n) is 1.92. The van der Waals surface area contributed by atoms with Gasteiger partial charge in [-0.3, -0.25) is 0 Å². The van der Waals surface area contributed by atoms with E-state index in [0.717, 1.165) is 0 Å². The van der Waals surface area contributed by atoms with Crippen molar-refractivity contribution in [2.45, 2.75) is 18.1 Å². The largest absolute Gasteiger partial charge is 0.462 e. The van der Waals surface area contributed by atoms with E-state index in [1.165, 1.54) is 0 Å². The van der Waals surface area contributed by atoms with Crippen molar-refractivity contribution in [1.82, 2.24) is 0 Å². The van der Waals surface area contributed by atoms with E-state index < -0.39 is 16.2 Å². The van der Waals surface area contributed by atoms with Gasteiger partial charge >= 0.3 is 11.9 Å². The van der Waals surface area contributed by atoms with Gasteiger partial charge in [-0.05, 0) is 26.0 Å². The predicted octanol–water partition coefficient (Wildman–Crippen LogP) is 4.03. The number of ether oxygens (including phenoxy) is 2. The first kappa shape index (κ1) is 19.0. The lowest BCUT2D eigenvalue weighted by atomic mass is 10.1. The highest BCUT2D eigenvalue weighted by molar-refractivity contribution is 6.63. The molecule has 0 bridgehead atoms. The van der Waals surface area contributed by atoms with Crippen molar-refractivity contribution in [3.63, 3.8) is 0 Å². The molecule has 0 heterocycles. The maximum Gasteiger partial charge on any atom is 0.338 e. The summed E-state index contributed by atoms with van der Waals surface area (Å²) >= 11 is 14.4. The summed E-state index contributed by atoms with van der Waals surface area (Å²) in [4.78, 5) is 23.1. The van der Waals surface area contributed by atoms with E-state index in [9.17, 15) is 9.59 Å². The minimum atomic E-state index is -0.750. The van der Waals surface area contributed by atoms with Gasteiger partial charge in [0, 0.05) is 0 Å². The van der Waals surface area contributed by atoms with E-state index in [0.29, 0.717) is 0 Å². The van der Waals surface area contributed by atoms with Gasteiger partial charge in [-0.1, -0.05) is 46.9 Å². The van der Waals surface area contributed by atoms with Crippen molar-refractivity contribution in [3.8, 4) is 0 Å². The highest BCUT2D eigenvalue weighted by Gasteiger charge is 2.17. The molecule has 1 rings (SSSR count). The number of rotatable bonds is 4. The van der Waals surface area contributed by atoms with E-state index in [-0.39, 0.29) is 24.3 Å². The van der Waals surface area contributed by atoms with Crippen LogP contribution in [0, 0.1) is 0 Å². The first-order valence-corrected chi connectivity index (χ1v) is 7.10. The topological polar surface area (TPSA) is 52.6 Å². The second kappa shape index (κ2) is 10.8. The molecule has 0 aromatic heterocycles. The van der Waals surface area contributed by atoms with Gasteiger partial charge in [0.15, 0.2) is 4.30 Å². The molecule has 0 spiro atoms. The second-order valence-corrected chi connectivity index (χ2v) is 5.21. The smallest absolute Gasteiger partial charge is 0.338 e. The van der Waals surface area contributed by atoms with Gasteiger partial charge in [-0.2, -0.15) is 0 Å². The Balaban J connectivity index is 0.000000796. The summed E-state index contributed by atoms with van der Waals surface area (Å²) in [5.41, 5.74) is 0.477. The van der Waals surface area contributed by atoms with Gasteiger partial charge in [0.25, 0.3) is 0 Å². The molecule has 0 fully saturated rings. The lowest BCUT2D eigenvalue weighted by molar-refractivity contribution is 0.0479. The van der Waals surface area contributed by atoms with Crippen LogP contribution >= 0.6 is 34.8 Å².